The normalized spacial score (nSPS) is 17.7. The number of pyridine rings is 2. The Bertz CT molecular complexity index is 2180. The van der Waals surface area contributed by atoms with Gasteiger partial charge in [-0.2, -0.15) is 5.10 Å². The smallest absolute Gasteiger partial charge is 0.318 e. The van der Waals surface area contributed by atoms with Crippen LogP contribution in [0.1, 0.15) is 29.5 Å². The third kappa shape index (κ3) is 6.62. The van der Waals surface area contributed by atoms with Gasteiger partial charge in [0, 0.05) is 60.6 Å². The van der Waals surface area contributed by atoms with Gasteiger partial charge in [0.2, 0.25) is 5.88 Å². The number of hydrogen-bond donors (Lipinski definition) is 4. The molecule has 2 saturated heterocycles. The molecule has 13 heteroatoms. The number of carbonyl (C=O) groups is 1. The minimum absolute atomic E-state index is 0.0386. The zero-order chi connectivity index (χ0) is 35.7. The van der Waals surface area contributed by atoms with Crippen LogP contribution in [0.2, 0.25) is 5.02 Å². The highest BCUT2D eigenvalue weighted by atomic mass is 35.5. The summed E-state index contributed by atoms with van der Waals surface area (Å²) in [5.74, 6) is 1.17. The number of aliphatic hydroxyl groups excluding tert-OH is 1. The second-order valence-electron chi connectivity index (χ2n) is 13.3. The van der Waals surface area contributed by atoms with Crippen molar-refractivity contribution >= 4 is 39.9 Å². The van der Waals surface area contributed by atoms with Gasteiger partial charge in [0.25, 0.3) is 5.56 Å². The number of benzene rings is 2. The lowest BCUT2D eigenvalue weighted by Crippen LogP contribution is -2.45. The van der Waals surface area contributed by atoms with Crippen LogP contribution >= 0.6 is 11.6 Å². The first-order valence-corrected chi connectivity index (χ1v) is 17.5. The predicted octanol–water partition coefficient (Wildman–Crippen LogP) is 5.00. The first-order valence-electron chi connectivity index (χ1n) is 17.1. The lowest BCUT2D eigenvalue weighted by molar-refractivity contribution is 0.195. The van der Waals surface area contributed by atoms with E-state index in [1.165, 1.54) is 15.8 Å². The fourth-order valence-electron chi connectivity index (χ4n) is 7.32. The van der Waals surface area contributed by atoms with Gasteiger partial charge >= 0.3 is 6.03 Å². The summed E-state index contributed by atoms with van der Waals surface area (Å²) in [6.45, 7) is 5.04. The van der Waals surface area contributed by atoms with Crippen LogP contribution in [-0.2, 0) is 19.9 Å². The first kappa shape index (κ1) is 34.4. The molecule has 5 aromatic rings. The Balaban J connectivity index is 0.000000262. The number of hydrogen-bond acceptors (Lipinski definition) is 9. The predicted molar refractivity (Wildman–Crippen MR) is 199 cm³/mol. The molecule has 2 amide bonds. The van der Waals surface area contributed by atoms with Crippen LogP contribution in [0.25, 0.3) is 33.2 Å². The Kier molecular flexibility index (Phi) is 9.65. The van der Waals surface area contributed by atoms with E-state index in [0.717, 1.165) is 84.3 Å². The molecule has 51 heavy (non-hydrogen) atoms. The number of aliphatic hydroxyl groups is 1. The molecule has 1 aliphatic carbocycles. The van der Waals surface area contributed by atoms with Crippen LogP contribution in [0.5, 0.6) is 5.88 Å². The summed E-state index contributed by atoms with van der Waals surface area (Å²) in [6, 6.07) is 15.9. The number of urea groups is 1. The molecule has 1 unspecified atom stereocenters. The maximum absolute atomic E-state index is 12.8. The minimum atomic E-state index is -0.208. The second-order valence-corrected chi connectivity index (χ2v) is 13.6. The third-order valence-corrected chi connectivity index (χ3v) is 10.4. The zero-order valence-corrected chi connectivity index (χ0v) is 29.7. The first-order chi connectivity index (χ1) is 24.7. The lowest BCUT2D eigenvalue weighted by atomic mass is 9.96. The summed E-state index contributed by atoms with van der Waals surface area (Å²) in [4.78, 5) is 35.2. The van der Waals surface area contributed by atoms with E-state index >= 15 is 0 Å². The van der Waals surface area contributed by atoms with Crippen molar-refractivity contribution in [3.63, 3.8) is 0 Å². The summed E-state index contributed by atoms with van der Waals surface area (Å²) in [7, 11) is 3.30. The van der Waals surface area contributed by atoms with E-state index in [1.807, 2.05) is 43.3 Å². The van der Waals surface area contributed by atoms with Gasteiger partial charge in [-0.15, -0.1) is 0 Å². The van der Waals surface area contributed by atoms with E-state index in [9.17, 15) is 9.59 Å². The zero-order valence-electron chi connectivity index (χ0n) is 28.9. The molecule has 0 bridgehead atoms. The molecule has 3 aliphatic rings. The Hall–Kier alpha value is -5.04. The van der Waals surface area contributed by atoms with Gasteiger partial charge in [-0.1, -0.05) is 41.9 Å². The summed E-state index contributed by atoms with van der Waals surface area (Å²) in [5.41, 5.74) is 7.57. The number of fused-ring (bicyclic) bond motifs is 2. The highest BCUT2D eigenvalue weighted by molar-refractivity contribution is 6.36. The lowest BCUT2D eigenvalue weighted by Gasteiger charge is -2.20. The molecular weight excluding hydrogens is 668 g/mol. The van der Waals surface area contributed by atoms with E-state index < -0.39 is 0 Å². The van der Waals surface area contributed by atoms with Gasteiger partial charge in [-0.25, -0.2) is 19.4 Å². The number of aryl methyl sites for hydroxylation is 2. The molecule has 1 atom stereocenters. The number of rotatable bonds is 7. The maximum atomic E-state index is 12.8. The summed E-state index contributed by atoms with van der Waals surface area (Å²) >= 11 is 7.06. The van der Waals surface area contributed by atoms with Crippen LogP contribution in [-0.4, -0.2) is 81.2 Å². The van der Waals surface area contributed by atoms with Gasteiger partial charge in [0.1, 0.15) is 5.82 Å². The molecule has 0 saturated carbocycles. The largest absolute Gasteiger partial charge is 0.481 e. The molecule has 5 heterocycles. The Morgan fingerprint density at radius 3 is 2.69 bits per heavy atom. The molecule has 1 spiro atoms. The molecule has 4 N–H and O–H groups in total. The molecular formula is C38H41ClN8O4. The Morgan fingerprint density at radius 2 is 1.90 bits per heavy atom. The fourth-order valence-corrected chi connectivity index (χ4v) is 7.64. The van der Waals surface area contributed by atoms with Crippen molar-refractivity contribution in [3.05, 3.63) is 93.0 Å². The molecule has 12 nitrogen and oxygen atoms in total. The van der Waals surface area contributed by atoms with Crippen molar-refractivity contribution in [2.45, 2.75) is 38.1 Å². The highest BCUT2D eigenvalue weighted by Gasteiger charge is 2.43. The van der Waals surface area contributed by atoms with Crippen molar-refractivity contribution in [3.8, 4) is 28.3 Å². The van der Waals surface area contributed by atoms with Crippen LogP contribution < -0.4 is 26.2 Å². The number of carbonyl (C=O) groups excluding carboxylic acids is 1. The molecule has 264 valence electrons. The summed E-state index contributed by atoms with van der Waals surface area (Å²) in [5, 5.41) is 24.3. The number of halogens is 1. The molecule has 2 aromatic carbocycles. The van der Waals surface area contributed by atoms with E-state index in [2.05, 4.69) is 32.1 Å². The minimum Gasteiger partial charge on any atom is -0.481 e. The molecule has 3 aromatic heterocycles. The Morgan fingerprint density at radius 1 is 1.10 bits per heavy atom. The SMILES string of the molecule is COc1nc(-c2cccc(-c3cccc(Nc4nccc5cnn(C)c(=O)c45)c3C)c2Cl)cc2c1CCC2.O=C1NC2(CCNC2)CN1CCO. The number of nitrogens with zero attached hydrogens (tertiary/aromatic N) is 5. The van der Waals surface area contributed by atoms with E-state index in [4.69, 9.17) is 26.4 Å². The topological polar surface area (TPSA) is 147 Å². The van der Waals surface area contributed by atoms with Crippen molar-refractivity contribution < 1.29 is 14.6 Å². The number of anilines is 2. The van der Waals surface area contributed by atoms with Crippen LogP contribution in [0, 0.1) is 6.92 Å². The standard InChI is InChI=1S/C30H26ClN5O2.C8H15N3O2/c1-17-20(8-6-12-24(17)34-28-26-19(13-14-32-28)16-33-36(2)30(26)37)22-10-5-11-23(27(22)31)25-15-18-7-4-9-21(18)29(35-25)38-3;12-4-3-11-6-8(10-7(11)13)1-2-9-5-8/h5-6,8,10-16H,4,7,9H2,1-3H3,(H,32,34);9,12H,1-6H2,(H,10,13). The number of aromatic nitrogens is 4. The van der Waals surface area contributed by atoms with E-state index in [1.54, 1.807) is 37.5 Å². The fraction of sp³-hybridized carbons (Fsp3) is 0.342. The van der Waals surface area contributed by atoms with Gasteiger partial charge in [-0.05, 0) is 74.0 Å². The maximum Gasteiger partial charge on any atom is 0.318 e. The van der Waals surface area contributed by atoms with E-state index in [0.29, 0.717) is 28.7 Å². The monoisotopic (exact) mass is 708 g/mol. The number of ether oxygens (including phenoxy) is 1. The van der Waals surface area contributed by atoms with Crippen LogP contribution in [0.3, 0.4) is 0 Å². The van der Waals surface area contributed by atoms with Crippen molar-refractivity contribution in [2.24, 2.45) is 7.05 Å². The number of nitrogens with one attached hydrogen (secondary N) is 3. The van der Waals surface area contributed by atoms with Gasteiger partial charge < -0.3 is 30.7 Å². The average molecular weight is 709 g/mol. The molecule has 8 rings (SSSR count). The van der Waals surface area contributed by atoms with Crippen LogP contribution in [0.4, 0.5) is 16.3 Å². The van der Waals surface area contributed by atoms with Gasteiger partial charge in [0.05, 0.1) is 41.6 Å². The Labute approximate surface area is 300 Å². The number of amides is 2. The van der Waals surface area contributed by atoms with Crippen molar-refractivity contribution in [1.82, 2.24) is 35.3 Å². The number of β-amino-alcohol motifs (C(OH)–C–C–N with tert-alkyl or cyclic N) is 1. The van der Waals surface area contributed by atoms with Crippen molar-refractivity contribution in [2.75, 3.05) is 45.2 Å². The van der Waals surface area contributed by atoms with E-state index in [-0.39, 0.29) is 23.7 Å². The molecule has 0 radical (unpaired) electrons. The quantitative estimate of drug-likeness (QED) is 0.184. The highest BCUT2D eigenvalue weighted by Crippen LogP contribution is 2.41. The average Bonchev–Trinajstić information content (AvgIpc) is 3.88. The van der Waals surface area contributed by atoms with Crippen LogP contribution in [0.15, 0.2) is 65.7 Å². The summed E-state index contributed by atoms with van der Waals surface area (Å²) < 4.78 is 6.93. The van der Waals surface area contributed by atoms with Gasteiger partial charge in [0.15, 0.2) is 0 Å². The third-order valence-electron chi connectivity index (χ3n) is 10.0. The molecule has 2 aliphatic heterocycles. The number of methoxy groups -OCH3 is 1. The molecule has 2 fully saturated rings. The summed E-state index contributed by atoms with van der Waals surface area (Å²) in [6.07, 6.45) is 7.45. The second kappa shape index (κ2) is 14.3. The van der Waals surface area contributed by atoms with Crippen molar-refractivity contribution in [1.29, 1.82) is 0 Å². The van der Waals surface area contributed by atoms with Gasteiger partial charge in [-0.3, -0.25) is 4.79 Å².